The van der Waals surface area contributed by atoms with Crippen LogP contribution >= 0.6 is 0 Å². The molecule has 1 aromatic heterocycles. The summed E-state index contributed by atoms with van der Waals surface area (Å²) >= 11 is 0. The highest BCUT2D eigenvalue weighted by Gasteiger charge is 2.08. The lowest BCUT2D eigenvalue weighted by Gasteiger charge is -2.10. The van der Waals surface area contributed by atoms with Crippen LogP contribution in [0, 0.1) is 0 Å². The molecule has 0 aliphatic heterocycles. The summed E-state index contributed by atoms with van der Waals surface area (Å²) in [7, 11) is 0. The number of benzene rings is 3. The minimum Gasteiger partial charge on any atom is -0.283 e. The Kier molecular flexibility index (Phi) is 4.48. The lowest BCUT2D eigenvalue weighted by Crippen LogP contribution is -2.18. The molecular weight excluding hydrogens is 318 g/mol. The third-order valence-electron chi connectivity index (χ3n) is 4.48. The van der Waals surface area contributed by atoms with Gasteiger partial charge in [-0.25, -0.2) is 0 Å². The summed E-state index contributed by atoms with van der Waals surface area (Å²) < 4.78 is 1.73. The van der Waals surface area contributed by atoms with E-state index in [0.717, 1.165) is 28.4 Å². The van der Waals surface area contributed by atoms with Crippen molar-refractivity contribution >= 4 is 16.8 Å². The molecule has 1 heterocycles. The van der Waals surface area contributed by atoms with E-state index in [2.05, 4.69) is 24.3 Å². The van der Waals surface area contributed by atoms with Crippen LogP contribution in [0.4, 0.5) is 0 Å². The fraction of sp³-hybridized carbons (Fsp3) is 0.0417. The van der Waals surface area contributed by atoms with Crippen molar-refractivity contribution in [2.75, 3.05) is 0 Å². The maximum absolute atomic E-state index is 12.9. The molecule has 2 heteroatoms. The molecular formula is C24H19NO. The fourth-order valence-electron chi connectivity index (χ4n) is 3.17. The molecule has 0 fully saturated rings. The number of hydrogen-bond acceptors (Lipinski definition) is 1. The van der Waals surface area contributed by atoms with E-state index in [1.807, 2.05) is 79.0 Å². The Morgan fingerprint density at radius 1 is 0.731 bits per heavy atom. The SMILES string of the molecule is O=c1c2ccccc2c(/C=C/Cc2ccccc2)cn1-c1ccccc1. The summed E-state index contributed by atoms with van der Waals surface area (Å²) in [6, 6.07) is 27.9. The van der Waals surface area contributed by atoms with E-state index in [1.54, 1.807) is 4.57 Å². The van der Waals surface area contributed by atoms with Gasteiger partial charge in [0, 0.05) is 17.3 Å². The van der Waals surface area contributed by atoms with Crippen molar-refractivity contribution in [1.29, 1.82) is 0 Å². The van der Waals surface area contributed by atoms with Crippen LogP contribution in [-0.2, 0) is 6.42 Å². The largest absolute Gasteiger partial charge is 0.283 e. The lowest BCUT2D eigenvalue weighted by molar-refractivity contribution is 1.01. The average molecular weight is 337 g/mol. The molecule has 0 aliphatic rings. The molecule has 0 radical (unpaired) electrons. The molecule has 0 saturated heterocycles. The normalized spacial score (nSPS) is 11.2. The maximum atomic E-state index is 12.9. The van der Waals surface area contributed by atoms with Crippen LogP contribution in [-0.4, -0.2) is 4.57 Å². The molecule has 0 bridgehead atoms. The zero-order valence-electron chi connectivity index (χ0n) is 14.4. The van der Waals surface area contributed by atoms with Crippen LogP contribution in [0.15, 0.2) is 102 Å². The zero-order valence-corrected chi connectivity index (χ0v) is 14.4. The van der Waals surface area contributed by atoms with Crippen LogP contribution < -0.4 is 5.56 Å². The number of pyridine rings is 1. The summed E-state index contributed by atoms with van der Waals surface area (Å²) in [5.74, 6) is 0. The Hall–Kier alpha value is -3.39. The van der Waals surface area contributed by atoms with Gasteiger partial charge in [0.15, 0.2) is 0 Å². The number of aromatic nitrogens is 1. The number of para-hydroxylation sites is 1. The van der Waals surface area contributed by atoms with Crippen LogP contribution in [0.1, 0.15) is 11.1 Å². The van der Waals surface area contributed by atoms with Crippen LogP contribution in [0.25, 0.3) is 22.5 Å². The molecule has 3 aromatic carbocycles. The van der Waals surface area contributed by atoms with Crippen molar-refractivity contribution in [2.24, 2.45) is 0 Å². The van der Waals surface area contributed by atoms with Gasteiger partial charge in [-0.2, -0.15) is 0 Å². The molecule has 4 rings (SSSR count). The quantitative estimate of drug-likeness (QED) is 0.499. The van der Waals surface area contributed by atoms with Gasteiger partial charge in [0.2, 0.25) is 0 Å². The molecule has 0 spiro atoms. The Bertz CT molecular complexity index is 1110. The van der Waals surface area contributed by atoms with E-state index in [0.29, 0.717) is 0 Å². The Balaban J connectivity index is 1.81. The summed E-state index contributed by atoms with van der Waals surface area (Å²) in [5.41, 5.74) is 3.19. The van der Waals surface area contributed by atoms with Gasteiger partial charge in [-0.15, -0.1) is 0 Å². The fourth-order valence-corrected chi connectivity index (χ4v) is 3.17. The minimum atomic E-state index is 0.00649. The first-order valence-electron chi connectivity index (χ1n) is 8.73. The van der Waals surface area contributed by atoms with Gasteiger partial charge in [-0.3, -0.25) is 9.36 Å². The third-order valence-corrected chi connectivity index (χ3v) is 4.48. The second-order valence-electron chi connectivity index (χ2n) is 6.23. The van der Waals surface area contributed by atoms with Crippen molar-refractivity contribution in [3.8, 4) is 5.69 Å². The van der Waals surface area contributed by atoms with Crippen LogP contribution in [0.3, 0.4) is 0 Å². The number of allylic oxidation sites excluding steroid dienone is 1. The van der Waals surface area contributed by atoms with Gasteiger partial charge in [-0.05, 0) is 41.1 Å². The zero-order chi connectivity index (χ0) is 17.8. The first kappa shape index (κ1) is 16.1. The van der Waals surface area contributed by atoms with E-state index in [-0.39, 0.29) is 5.56 Å². The highest BCUT2D eigenvalue weighted by atomic mass is 16.1. The summed E-state index contributed by atoms with van der Waals surface area (Å²) in [6.07, 6.45) is 7.05. The second-order valence-corrected chi connectivity index (χ2v) is 6.23. The van der Waals surface area contributed by atoms with Crippen molar-refractivity contribution in [3.63, 3.8) is 0 Å². The van der Waals surface area contributed by atoms with E-state index >= 15 is 0 Å². The standard InChI is InChI=1S/C24H19NO/c26-24-23-17-8-7-16-22(23)20(13-9-12-19-10-3-1-4-11-19)18-25(24)21-14-5-2-6-15-21/h1-11,13-18H,12H2/b13-9+. The summed E-state index contributed by atoms with van der Waals surface area (Å²) in [5, 5.41) is 1.72. The Morgan fingerprint density at radius 2 is 1.35 bits per heavy atom. The molecule has 0 saturated carbocycles. The Labute approximate surface area is 152 Å². The number of rotatable bonds is 4. The highest BCUT2D eigenvalue weighted by molar-refractivity contribution is 5.90. The van der Waals surface area contributed by atoms with E-state index in [1.165, 1.54) is 5.56 Å². The van der Waals surface area contributed by atoms with E-state index in [4.69, 9.17) is 0 Å². The van der Waals surface area contributed by atoms with Crippen LogP contribution in [0.5, 0.6) is 0 Å². The Morgan fingerprint density at radius 3 is 2.08 bits per heavy atom. The third kappa shape index (κ3) is 3.22. The molecule has 0 N–H and O–H groups in total. The molecule has 2 nitrogen and oxygen atoms in total. The summed E-state index contributed by atoms with van der Waals surface area (Å²) in [6.45, 7) is 0. The average Bonchev–Trinajstić information content (AvgIpc) is 2.71. The van der Waals surface area contributed by atoms with Crippen molar-refractivity contribution < 1.29 is 0 Å². The van der Waals surface area contributed by atoms with Crippen molar-refractivity contribution in [2.45, 2.75) is 6.42 Å². The molecule has 0 aliphatic carbocycles. The van der Waals surface area contributed by atoms with Crippen molar-refractivity contribution in [1.82, 2.24) is 4.57 Å². The predicted octanol–water partition coefficient (Wildman–Crippen LogP) is 5.25. The second kappa shape index (κ2) is 7.24. The van der Waals surface area contributed by atoms with Gasteiger partial charge in [-0.1, -0.05) is 78.9 Å². The summed E-state index contributed by atoms with van der Waals surface area (Å²) in [4.78, 5) is 12.9. The first-order valence-corrected chi connectivity index (χ1v) is 8.73. The number of fused-ring (bicyclic) bond motifs is 1. The topological polar surface area (TPSA) is 22.0 Å². The molecule has 0 unspecified atom stereocenters. The van der Waals surface area contributed by atoms with Gasteiger partial charge in [0.1, 0.15) is 0 Å². The van der Waals surface area contributed by atoms with Gasteiger partial charge in [0.05, 0.1) is 0 Å². The molecule has 4 aromatic rings. The monoisotopic (exact) mass is 337 g/mol. The van der Waals surface area contributed by atoms with Crippen LogP contribution in [0.2, 0.25) is 0 Å². The van der Waals surface area contributed by atoms with Gasteiger partial charge >= 0.3 is 0 Å². The van der Waals surface area contributed by atoms with Gasteiger partial charge < -0.3 is 0 Å². The predicted molar refractivity (Wildman–Crippen MR) is 109 cm³/mol. The molecule has 0 atom stereocenters. The molecule has 26 heavy (non-hydrogen) atoms. The lowest BCUT2D eigenvalue weighted by atomic mass is 10.1. The number of nitrogens with zero attached hydrogens (tertiary/aromatic N) is 1. The van der Waals surface area contributed by atoms with Gasteiger partial charge in [0.25, 0.3) is 5.56 Å². The number of hydrogen-bond donors (Lipinski definition) is 0. The highest BCUT2D eigenvalue weighted by Crippen LogP contribution is 2.19. The smallest absolute Gasteiger partial charge is 0.262 e. The minimum absolute atomic E-state index is 0.00649. The van der Waals surface area contributed by atoms with Crippen molar-refractivity contribution in [3.05, 3.63) is 119 Å². The maximum Gasteiger partial charge on any atom is 0.262 e. The van der Waals surface area contributed by atoms with E-state index in [9.17, 15) is 4.79 Å². The van der Waals surface area contributed by atoms with E-state index < -0.39 is 0 Å². The molecule has 126 valence electrons. The molecule has 0 amide bonds. The first-order chi connectivity index (χ1) is 12.8.